The molecule has 2 aliphatic rings. The van der Waals surface area contributed by atoms with E-state index in [9.17, 15) is 4.79 Å². The Kier molecular flexibility index (Phi) is 6.27. The molecule has 1 amide bonds. The number of benzene rings is 2. The van der Waals surface area contributed by atoms with Crippen molar-refractivity contribution < 1.29 is 4.79 Å². The SMILES string of the molecule is O=C(CN1CCC[C@@H]1Cc1ccccc1)NC[C@@H]1CCN(c2ccccc2)C1. The maximum Gasteiger partial charge on any atom is 0.234 e. The first-order valence-corrected chi connectivity index (χ1v) is 10.6. The first-order valence-electron chi connectivity index (χ1n) is 10.6. The summed E-state index contributed by atoms with van der Waals surface area (Å²) in [5, 5.41) is 3.20. The lowest BCUT2D eigenvalue weighted by molar-refractivity contribution is -0.122. The molecule has 0 aromatic heterocycles. The number of amides is 1. The van der Waals surface area contributed by atoms with Gasteiger partial charge in [0.1, 0.15) is 0 Å². The molecule has 0 aliphatic carbocycles. The molecule has 2 aromatic carbocycles. The predicted molar refractivity (Wildman–Crippen MR) is 115 cm³/mol. The molecule has 148 valence electrons. The van der Waals surface area contributed by atoms with Crippen LogP contribution in [0.4, 0.5) is 5.69 Å². The topological polar surface area (TPSA) is 35.6 Å². The number of para-hydroxylation sites is 1. The number of hydrogen-bond acceptors (Lipinski definition) is 3. The van der Waals surface area contributed by atoms with Gasteiger partial charge in [-0.05, 0) is 55.8 Å². The van der Waals surface area contributed by atoms with E-state index in [4.69, 9.17) is 0 Å². The first-order chi connectivity index (χ1) is 13.8. The zero-order chi connectivity index (χ0) is 19.2. The molecule has 2 heterocycles. The third kappa shape index (κ3) is 4.93. The maximum atomic E-state index is 12.5. The van der Waals surface area contributed by atoms with Crippen molar-refractivity contribution in [1.29, 1.82) is 0 Å². The largest absolute Gasteiger partial charge is 0.371 e. The summed E-state index contributed by atoms with van der Waals surface area (Å²) in [5.74, 6) is 0.723. The van der Waals surface area contributed by atoms with Gasteiger partial charge in [0.2, 0.25) is 5.91 Å². The predicted octanol–water partition coefficient (Wildman–Crippen LogP) is 3.34. The van der Waals surface area contributed by atoms with Crippen LogP contribution in [-0.2, 0) is 11.2 Å². The van der Waals surface area contributed by atoms with Crippen LogP contribution in [0.2, 0.25) is 0 Å². The average Bonchev–Trinajstić information content (AvgIpc) is 3.38. The Morgan fingerprint density at radius 2 is 1.71 bits per heavy atom. The molecule has 2 atom stereocenters. The number of anilines is 1. The van der Waals surface area contributed by atoms with Crippen molar-refractivity contribution in [2.24, 2.45) is 5.92 Å². The van der Waals surface area contributed by atoms with Crippen LogP contribution in [0.3, 0.4) is 0 Å². The van der Waals surface area contributed by atoms with E-state index in [2.05, 4.69) is 75.8 Å². The van der Waals surface area contributed by atoms with Crippen molar-refractivity contribution in [3.8, 4) is 0 Å². The van der Waals surface area contributed by atoms with Crippen LogP contribution in [0, 0.1) is 5.92 Å². The average molecular weight is 378 g/mol. The van der Waals surface area contributed by atoms with E-state index >= 15 is 0 Å². The minimum absolute atomic E-state index is 0.179. The molecule has 1 N–H and O–H groups in total. The molecule has 4 rings (SSSR count). The van der Waals surface area contributed by atoms with Gasteiger partial charge in [-0.2, -0.15) is 0 Å². The van der Waals surface area contributed by atoms with E-state index in [1.165, 1.54) is 24.1 Å². The Labute approximate surface area is 168 Å². The first kappa shape index (κ1) is 19.0. The number of rotatable bonds is 7. The van der Waals surface area contributed by atoms with E-state index in [1.807, 2.05) is 0 Å². The minimum atomic E-state index is 0.179. The molecular weight excluding hydrogens is 346 g/mol. The van der Waals surface area contributed by atoms with E-state index in [0.29, 0.717) is 18.5 Å². The molecule has 0 radical (unpaired) electrons. The van der Waals surface area contributed by atoms with Gasteiger partial charge < -0.3 is 10.2 Å². The number of nitrogens with one attached hydrogen (secondary N) is 1. The van der Waals surface area contributed by atoms with Crippen LogP contribution in [0.15, 0.2) is 60.7 Å². The van der Waals surface area contributed by atoms with Gasteiger partial charge in [-0.15, -0.1) is 0 Å². The van der Waals surface area contributed by atoms with Crippen molar-refractivity contribution in [2.75, 3.05) is 37.6 Å². The summed E-state index contributed by atoms with van der Waals surface area (Å²) in [6.07, 6.45) is 4.58. The third-order valence-electron chi connectivity index (χ3n) is 6.16. The highest BCUT2D eigenvalue weighted by Crippen LogP contribution is 2.23. The lowest BCUT2D eigenvalue weighted by Gasteiger charge is -2.24. The highest BCUT2D eigenvalue weighted by Gasteiger charge is 2.27. The highest BCUT2D eigenvalue weighted by atomic mass is 16.2. The Hall–Kier alpha value is -2.33. The summed E-state index contributed by atoms with van der Waals surface area (Å²) in [6.45, 7) is 4.47. The molecule has 2 aliphatic heterocycles. The second kappa shape index (κ2) is 9.24. The number of hydrogen-bond donors (Lipinski definition) is 1. The lowest BCUT2D eigenvalue weighted by Crippen LogP contribution is -2.42. The van der Waals surface area contributed by atoms with Gasteiger partial charge in [0.25, 0.3) is 0 Å². The quantitative estimate of drug-likeness (QED) is 0.804. The van der Waals surface area contributed by atoms with Crippen LogP contribution in [-0.4, -0.2) is 49.6 Å². The molecule has 2 fully saturated rings. The normalized spacial score (nSPS) is 22.5. The summed E-state index contributed by atoms with van der Waals surface area (Å²) in [5.41, 5.74) is 2.66. The number of nitrogens with zero attached hydrogens (tertiary/aromatic N) is 2. The molecule has 2 aromatic rings. The maximum absolute atomic E-state index is 12.5. The van der Waals surface area contributed by atoms with Crippen LogP contribution in [0.25, 0.3) is 0 Å². The molecule has 2 saturated heterocycles. The van der Waals surface area contributed by atoms with Crippen LogP contribution < -0.4 is 10.2 Å². The van der Waals surface area contributed by atoms with Crippen molar-refractivity contribution >= 4 is 11.6 Å². The summed E-state index contributed by atoms with van der Waals surface area (Å²) >= 11 is 0. The Balaban J connectivity index is 1.21. The van der Waals surface area contributed by atoms with Crippen molar-refractivity contribution in [3.63, 3.8) is 0 Å². The van der Waals surface area contributed by atoms with Gasteiger partial charge in [0.15, 0.2) is 0 Å². The molecule has 4 heteroatoms. The molecule has 0 spiro atoms. The van der Waals surface area contributed by atoms with Crippen LogP contribution in [0.1, 0.15) is 24.8 Å². The molecule has 4 nitrogen and oxygen atoms in total. The Morgan fingerprint density at radius 1 is 0.964 bits per heavy atom. The zero-order valence-electron chi connectivity index (χ0n) is 16.6. The van der Waals surface area contributed by atoms with E-state index < -0.39 is 0 Å². The minimum Gasteiger partial charge on any atom is -0.371 e. The third-order valence-corrected chi connectivity index (χ3v) is 6.16. The van der Waals surface area contributed by atoms with Gasteiger partial charge in [-0.1, -0.05) is 48.5 Å². The van der Waals surface area contributed by atoms with Crippen molar-refractivity contribution in [3.05, 3.63) is 66.2 Å². The number of carbonyl (C=O) groups is 1. The summed E-state index contributed by atoms with van der Waals surface area (Å²) < 4.78 is 0. The standard InChI is InChI=1S/C24H31N3O/c28-24(19-26-14-7-12-23(26)16-20-8-3-1-4-9-20)25-17-21-13-15-27(18-21)22-10-5-2-6-11-22/h1-6,8-11,21,23H,7,12-19H2,(H,25,28)/t21-,23+/m0/s1. The zero-order valence-corrected chi connectivity index (χ0v) is 16.6. The second-order valence-corrected chi connectivity index (χ2v) is 8.20. The monoisotopic (exact) mass is 377 g/mol. The van der Waals surface area contributed by atoms with Gasteiger partial charge in [0.05, 0.1) is 6.54 Å². The number of carbonyl (C=O) groups excluding carboxylic acids is 1. The highest BCUT2D eigenvalue weighted by molar-refractivity contribution is 5.78. The van der Waals surface area contributed by atoms with E-state index in [1.54, 1.807) is 0 Å². The van der Waals surface area contributed by atoms with Gasteiger partial charge in [0, 0.05) is 31.4 Å². The lowest BCUT2D eigenvalue weighted by atomic mass is 10.0. The van der Waals surface area contributed by atoms with Crippen LogP contribution in [0.5, 0.6) is 0 Å². The van der Waals surface area contributed by atoms with Crippen LogP contribution >= 0.6 is 0 Å². The summed E-state index contributed by atoms with van der Waals surface area (Å²) in [6, 6.07) is 21.7. The molecule has 0 saturated carbocycles. The second-order valence-electron chi connectivity index (χ2n) is 8.20. The fourth-order valence-electron chi connectivity index (χ4n) is 4.59. The van der Waals surface area contributed by atoms with Gasteiger partial charge in [-0.25, -0.2) is 0 Å². The van der Waals surface area contributed by atoms with Crippen molar-refractivity contribution in [1.82, 2.24) is 10.2 Å². The molecule has 0 unspecified atom stereocenters. The molecule has 28 heavy (non-hydrogen) atoms. The fourth-order valence-corrected chi connectivity index (χ4v) is 4.59. The Morgan fingerprint density at radius 3 is 2.50 bits per heavy atom. The van der Waals surface area contributed by atoms with Gasteiger partial charge in [-0.3, -0.25) is 9.69 Å². The van der Waals surface area contributed by atoms with Gasteiger partial charge >= 0.3 is 0 Å². The van der Waals surface area contributed by atoms with E-state index in [-0.39, 0.29) is 5.91 Å². The smallest absolute Gasteiger partial charge is 0.234 e. The van der Waals surface area contributed by atoms with E-state index in [0.717, 1.165) is 39.0 Å². The number of likely N-dealkylation sites (tertiary alicyclic amines) is 1. The summed E-state index contributed by atoms with van der Waals surface area (Å²) in [7, 11) is 0. The molecule has 0 bridgehead atoms. The summed E-state index contributed by atoms with van der Waals surface area (Å²) in [4.78, 5) is 17.3. The fraction of sp³-hybridized carbons (Fsp3) is 0.458. The van der Waals surface area contributed by atoms with Crippen molar-refractivity contribution in [2.45, 2.75) is 31.7 Å². The Bertz CT molecular complexity index is 749. The molecular formula is C24H31N3O.